The molecule has 0 unspecified atom stereocenters. The van der Waals surface area contributed by atoms with Gasteiger partial charge in [-0.15, -0.1) is 0 Å². The van der Waals surface area contributed by atoms with E-state index in [1.54, 1.807) is 0 Å². The first-order valence-electron chi connectivity index (χ1n) is 7.90. The molecule has 21 heavy (non-hydrogen) atoms. The van der Waals surface area contributed by atoms with Gasteiger partial charge in [0.1, 0.15) is 0 Å². The molecule has 0 aromatic heterocycles. The Labute approximate surface area is 127 Å². The number of rotatable bonds is 7. The second-order valence-electron chi connectivity index (χ2n) is 5.57. The molecule has 2 rings (SSSR count). The van der Waals surface area contributed by atoms with Gasteiger partial charge in [-0.05, 0) is 37.2 Å². The first-order valence-corrected chi connectivity index (χ1v) is 7.90. The van der Waals surface area contributed by atoms with E-state index in [9.17, 15) is 4.79 Å². The van der Waals surface area contributed by atoms with E-state index in [0.29, 0.717) is 13.0 Å². The molecule has 0 saturated carbocycles. The van der Waals surface area contributed by atoms with Crippen LogP contribution in [0.5, 0.6) is 0 Å². The fraction of sp³-hybridized carbons (Fsp3) is 0.500. The highest BCUT2D eigenvalue weighted by atomic mass is 16.5. The minimum absolute atomic E-state index is 0.153. The van der Waals surface area contributed by atoms with Crippen molar-refractivity contribution in [2.75, 3.05) is 19.8 Å². The quantitative estimate of drug-likeness (QED) is 0.834. The number of ether oxygens (including phenoxy) is 1. The molecule has 3 heteroatoms. The minimum atomic E-state index is 0.153. The third-order valence-electron chi connectivity index (χ3n) is 3.88. The molecule has 1 fully saturated rings. The van der Waals surface area contributed by atoms with E-state index < -0.39 is 0 Å². The van der Waals surface area contributed by atoms with Crippen LogP contribution in [0.1, 0.15) is 37.7 Å². The first kappa shape index (κ1) is 15.8. The van der Waals surface area contributed by atoms with Crippen molar-refractivity contribution in [3.05, 3.63) is 42.0 Å². The zero-order valence-corrected chi connectivity index (χ0v) is 12.6. The monoisotopic (exact) mass is 287 g/mol. The van der Waals surface area contributed by atoms with Gasteiger partial charge in [0.2, 0.25) is 5.91 Å². The topological polar surface area (TPSA) is 38.3 Å². The van der Waals surface area contributed by atoms with Crippen LogP contribution in [0.4, 0.5) is 0 Å². The summed E-state index contributed by atoms with van der Waals surface area (Å²) < 4.78 is 5.34. The average molecular weight is 287 g/mol. The van der Waals surface area contributed by atoms with Crippen molar-refractivity contribution in [3.8, 4) is 0 Å². The third kappa shape index (κ3) is 6.58. The van der Waals surface area contributed by atoms with E-state index >= 15 is 0 Å². The standard InChI is InChI=1S/C18H25NO2/c20-18(10-4-8-17-11-14-21-15-12-17)19-13-5-9-16-6-2-1-3-7-16/h1-3,5-7,9,17H,4,8,10-15H2,(H,19,20). The van der Waals surface area contributed by atoms with Crippen molar-refractivity contribution in [2.45, 2.75) is 32.1 Å². The Morgan fingerprint density at radius 3 is 2.76 bits per heavy atom. The van der Waals surface area contributed by atoms with Gasteiger partial charge in [0, 0.05) is 26.2 Å². The molecule has 1 aliphatic rings. The summed E-state index contributed by atoms with van der Waals surface area (Å²) >= 11 is 0. The van der Waals surface area contributed by atoms with Gasteiger partial charge < -0.3 is 10.1 Å². The molecule has 1 amide bonds. The van der Waals surface area contributed by atoms with Crippen molar-refractivity contribution in [2.24, 2.45) is 5.92 Å². The summed E-state index contributed by atoms with van der Waals surface area (Å²) in [7, 11) is 0. The molecule has 1 aromatic rings. The molecule has 0 spiro atoms. The molecule has 0 radical (unpaired) electrons. The second kappa shape index (κ2) is 9.35. The molecule has 1 aromatic carbocycles. The molecule has 1 aliphatic heterocycles. The van der Waals surface area contributed by atoms with Crippen LogP contribution in [0.25, 0.3) is 6.08 Å². The number of hydrogen-bond donors (Lipinski definition) is 1. The first-order chi connectivity index (χ1) is 10.3. The highest BCUT2D eigenvalue weighted by Crippen LogP contribution is 2.20. The van der Waals surface area contributed by atoms with E-state index in [-0.39, 0.29) is 5.91 Å². The Bertz CT molecular complexity index is 436. The zero-order valence-electron chi connectivity index (χ0n) is 12.6. The van der Waals surface area contributed by atoms with Gasteiger partial charge in [-0.3, -0.25) is 4.79 Å². The van der Waals surface area contributed by atoms with Crippen molar-refractivity contribution in [1.29, 1.82) is 0 Å². The highest BCUT2D eigenvalue weighted by molar-refractivity contribution is 5.76. The lowest BCUT2D eigenvalue weighted by Gasteiger charge is -2.21. The van der Waals surface area contributed by atoms with Crippen molar-refractivity contribution >= 4 is 12.0 Å². The van der Waals surface area contributed by atoms with Crippen LogP contribution in [0, 0.1) is 5.92 Å². The highest BCUT2D eigenvalue weighted by Gasteiger charge is 2.13. The summed E-state index contributed by atoms with van der Waals surface area (Å²) in [5, 5.41) is 2.94. The predicted octanol–water partition coefficient (Wildman–Crippen LogP) is 3.41. The zero-order chi connectivity index (χ0) is 14.8. The summed E-state index contributed by atoms with van der Waals surface area (Å²) in [5.74, 6) is 0.907. The number of carbonyl (C=O) groups excluding carboxylic acids is 1. The molecule has 0 bridgehead atoms. The van der Waals surface area contributed by atoms with E-state index in [1.165, 1.54) is 0 Å². The maximum absolute atomic E-state index is 11.7. The van der Waals surface area contributed by atoms with E-state index in [0.717, 1.165) is 50.4 Å². The number of carbonyl (C=O) groups is 1. The van der Waals surface area contributed by atoms with Gasteiger partial charge in [0.15, 0.2) is 0 Å². The lowest BCUT2D eigenvalue weighted by molar-refractivity contribution is -0.121. The Morgan fingerprint density at radius 1 is 1.24 bits per heavy atom. The summed E-state index contributed by atoms with van der Waals surface area (Å²) in [4.78, 5) is 11.7. The number of amides is 1. The molecule has 0 aliphatic carbocycles. The smallest absolute Gasteiger partial charge is 0.220 e. The molecule has 1 saturated heterocycles. The van der Waals surface area contributed by atoms with E-state index in [4.69, 9.17) is 4.74 Å². The average Bonchev–Trinajstić information content (AvgIpc) is 2.54. The SMILES string of the molecule is O=C(CCCC1CCOCC1)NCC=Cc1ccccc1. The maximum Gasteiger partial charge on any atom is 0.220 e. The lowest BCUT2D eigenvalue weighted by atomic mass is 9.94. The van der Waals surface area contributed by atoms with Crippen LogP contribution < -0.4 is 5.32 Å². The number of nitrogens with one attached hydrogen (secondary N) is 1. The van der Waals surface area contributed by atoms with Gasteiger partial charge in [-0.2, -0.15) is 0 Å². The van der Waals surface area contributed by atoms with Gasteiger partial charge in [-0.1, -0.05) is 42.5 Å². The van der Waals surface area contributed by atoms with Crippen molar-refractivity contribution in [3.63, 3.8) is 0 Å². The predicted molar refractivity (Wildman–Crippen MR) is 85.9 cm³/mol. The number of benzene rings is 1. The van der Waals surface area contributed by atoms with Gasteiger partial charge in [0.25, 0.3) is 0 Å². The summed E-state index contributed by atoms with van der Waals surface area (Å²) in [5.41, 5.74) is 1.16. The molecular formula is C18H25NO2. The van der Waals surface area contributed by atoms with Gasteiger partial charge >= 0.3 is 0 Å². The van der Waals surface area contributed by atoms with Crippen molar-refractivity contribution in [1.82, 2.24) is 5.32 Å². The molecule has 1 N–H and O–H groups in total. The van der Waals surface area contributed by atoms with Crippen LogP contribution in [0.3, 0.4) is 0 Å². The maximum atomic E-state index is 11.7. The fourth-order valence-electron chi connectivity index (χ4n) is 2.61. The third-order valence-corrected chi connectivity index (χ3v) is 3.88. The summed E-state index contributed by atoms with van der Waals surface area (Å²) in [6.07, 6.45) is 9.10. The Balaban J connectivity index is 1.54. The Hall–Kier alpha value is -1.61. The van der Waals surface area contributed by atoms with Gasteiger partial charge in [0.05, 0.1) is 0 Å². The Morgan fingerprint density at radius 2 is 2.00 bits per heavy atom. The lowest BCUT2D eigenvalue weighted by Crippen LogP contribution is -2.23. The largest absolute Gasteiger partial charge is 0.381 e. The van der Waals surface area contributed by atoms with Crippen molar-refractivity contribution < 1.29 is 9.53 Å². The molecule has 114 valence electrons. The molecule has 0 atom stereocenters. The van der Waals surface area contributed by atoms with Gasteiger partial charge in [-0.25, -0.2) is 0 Å². The van der Waals surface area contributed by atoms with Crippen LogP contribution in [-0.4, -0.2) is 25.7 Å². The summed E-state index contributed by atoms with van der Waals surface area (Å²) in [6.45, 7) is 2.38. The van der Waals surface area contributed by atoms with E-state index in [1.807, 2.05) is 42.5 Å². The molecule has 1 heterocycles. The molecular weight excluding hydrogens is 262 g/mol. The van der Waals surface area contributed by atoms with Crippen LogP contribution in [0.2, 0.25) is 0 Å². The molecule has 3 nitrogen and oxygen atoms in total. The van der Waals surface area contributed by atoms with Crippen LogP contribution >= 0.6 is 0 Å². The Kier molecular flexibility index (Phi) is 7.02. The van der Waals surface area contributed by atoms with Crippen LogP contribution in [-0.2, 0) is 9.53 Å². The van der Waals surface area contributed by atoms with E-state index in [2.05, 4.69) is 5.32 Å². The fourth-order valence-corrected chi connectivity index (χ4v) is 2.61. The number of hydrogen-bond acceptors (Lipinski definition) is 2. The normalized spacial score (nSPS) is 16.2. The minimum Gasteiger partial charge on any atom is -0.381 e. The van der Waals surface area contributed by atoms with Crippen LogP contribution in [0.15, 0.2) is 36.4 Å². The second-order valence-corrected chi connectivity index (χ2v) is 5.57. The summed E-state index contributed by atoms with van der Waals surface area (Å²) in [6, 6.07) is 10.1.